The van der Waals surface area contributed by atoms with E-state index in [9.17, 15) is 0 Å². The van der Waals surface area contributed by atoms with Crippen LogP contribution in [0.25, 0.3) is 0 Å². The van der Waals surface area contributed by atoms with Crippen LogP contribution in [0.15, 0.2) is 30.3 Å². The number of halogens is 1. The molecule has 0 N–H and O–H groups in total. The summed E-state index contributed by atoms with van der Waals surface area (Å²) in [5, 5.41) is 1.68. The summed E-state index contributed by atoms with van der Waals surface area (Å²) in [6.07, 6.45) is 8.83. The normalized spacial score (nSPS) is 19.3. The molecule has 1 aromatic rings. The van der Waals surface area contributed by atoms with E-state index in [0.717, 1.165) is 0 Å². The summed E-state index contributed by atoms with van der Waals surface area (Å²) in [6, 6.07) is 11.3. The summed E-state index contributed by atoms with van der Waals surface area (Å²) < 4.78 is 0. The van der Waals surface area contributed by atoms with E-state index in [1.165, 1.54) is 37.7 Å². The van der Waals surface area contributed by atoms with Gasteiger partial charge in [-0.2, -0.15) is 0 Å². The Kier molecular flexibility index (Phi) is 5.56. The average Bonchev–Trinajstić information content (AvgIpc) is 2.31. The summed E-state index contributed by atoms with van der Waals surface area (Å²) in [5.74, 6) is 0. The van der Waals surface area contributed by atoms with Gasteiger partial charge in [0.2, 0.25) is 0 Å². The van der Waals surface area contributed by atoms with Gasteiger partial charge in [-0.05, 0) is 38.3 Å². The predicted molar refractivity (Wildman–Crippen MR) is 67.1 cm³/mol. The first-order chi connectivity index (χ1) is 6.87. The third-order valence-electron chi connectivity index (χ3n) is 3.58. The Morgan fingerprint density at radius 1 is 1.00 bits per heavy atom. The summed E-state index contributed by atoms with van der Waals surface area (Å²) >= 11 is 0. The quantitative estimate of drug-likeness (QED) is 0.547. The van der Waals surface area contributed by atoms with E-state index in [2.05, 4.69) is 37.3 Å². The predicted octanol–water partition coefficient (Wildman–Crippen LogP) is 0.537. The molecule has 0 aliphatic carbocycles. The van der Waals surface area contributed by atoms with Crippen LogP contribution in [0.2, 0.25) is 0 Å². The fourth-order valence-electron chi connectivity index (χ4n) is 2.62. The Balaban J connectivity index is 0.00000112. The highest BCUT2D eigenvalue weighted by Gasteiger charge is 2.38. The first-order valence-corrected chi connectivity index (χ1v) is 8.13. The number of rotatable bonds is 2. The molecule has 1 fully saturated rings. The van der Waals surface area contributed by atoms with Gasteiger partial charge in [0.05, 0.1) is 23.8 Å². The number of hydrogen-bond donors (Lipinski definition) is 0. The fourth-order valence-corrected chi connectivity index (χ4v) is 6.82. The minimum Gasteiger partial charge on any atom is -1.00 e. The maximum absolute atomic E-state index is 2.39. The zero-order valence-corrected chi connectivity index (χ0v) is 12.5. The molecule has 1 aliphatic rings. The first-order valence-electron chi connectivity index (χ1n) is 5.79. The van der Waals surface area contributed by atoms with Crippen LogP contribution in [0.3, 0.4) is 0 Å². The van der Waals surface area contributed by atoms with Crippen molar-refractivity contribution in [1.82, 2.24) is 0 Å². The highest BCUT2D eigenvalue weighted by atomic mass is 127. The Hall–Kier alpha value is 0.380. The van der Waals surface area contributed by atoms with Gasteiger partial charge in [-0.25, -0.2) is 0 Å². The smallest absolute Gasteiger partial charge is 0.0939 e. The monoisotopic (exact) mass is 334 g/mol. The second-order valence-corrected chi connectivity index (χ2v) is 8.64. The van der Waals surface area contributed by atoms with Crippen molar-refractivity contribution in [2.75, 3.05) is 18.5 Å². The molecule has 0 atom stereocenters. The van der Waals surface area contributed by atoms with E-state index in [1.54, 1.807) is 5.30 Å². The van der Waals surface area contributed by atoms with Crippen LogP contribution in [0.4, 0.5) is 0 Å². The minimum absolute atomic E-state index is 0. The maximum atomic E-state index is 2.39. The van der Waals surface area contributed by atoms with Crippen LogP contribution in [-0.4, -0.2) is 18.5 Å². The molecule has 1 saturated heterocycles. The van der Waals surface area contributed by atoms with E-state index < -0.39 is 7.26 Å². The fraction of sp³-hybridized carbons (Fsp3) is 0.538. The maximum Gasteiger partial charge on any atom is 0.0939 e. The molecular formula is C13H20IP. The molecule has 1 aliphatic heterocycles. The number of benzene rings is 1. The molecule has 0 amide bonds. The van der Waals surface area contributed by atoms with Gasteiger partial charge in [0.25, 0.3) is 0 Å². The van der Waals surface area contributed by atoms with Crippen molar-refractivity contribution in [2.24, 2.45) is 0 Å². The van der Waals surface area contributed by atoms with Crippen LogP contribution >= 0.6 is 7.26 Å². The van der Waals surface area contributed by atoms with Crippen molar-refractivity contribution in [3.05, 3.63) is 30.3 Å². The van der Waals surface area contributed by atoms with Crippen molar-refractivity contribution in [1.29, 1.82) is 0 Å². The highest BCUT2D eigenvalue weighted by Crippen LogP contribution is 2.60. The van der Waals surface area contributed by atoms with Gasteiger partial charge in [-0.15, -0.1) is 0 Å². The van der Waals surface area contributed by atoms with E-state index in [1.807, 2.05) is 0 Å². The third kappa shape index (κ3) is 2.94. The van der Waals surface area contributed by atoms with Gasteiger partial charge in [0.15, 0.2) is 0 Å². The highest BCUT2D eigenvalue weighted by molar-refractivity contribution is 7.82. The van der Waals surface area contributed by atoms with E-state index in [4.69, 9.17) is 0 Å². The summed E-state index contributed by atoms with van der Waals surface area (Å²) in [6.45, 7) is 2.39. The SMILES string of the molecule is CC[P+]1(c2ccccc2)CCCCC1.[I-]. The van der Waals surface area contributed by atoms with E-state index in [0.29, 0.717) is 0 Å². The van der Waals surface area contributed by atoms with Crippen LogP contribution in [0, 0.1) is 0 Å². The second kappa shape index (κ2) is 6.20. The molecule has 0 saturated carbocycles. The lowest BCUT2D eigenvalue weighted by atomic mass is 10.3. The van der Waals surface area contributed by atoms with Crippen molar-refractivity contribution >= 4 is 12.6 Å². The molecule has 0 bridgehead atoms. The Morgan fingerprint density at radius 3 is 2.13 bits per heavy atom. The molecule has 0 radical (unpaired) electrons. The molecule has 0 unspecified atom stereocenters. The summed E-state index contributed by atoms with van der Waals surface area (Å²) in [7, 11) is -0.724. The molecule has 15 heavy (non-hydrogen) atoms. The van der Waals surface area contributed by atoms with Crippen molar-refractivity contribution < 1.29 is 24.0 Å². The molecular weight excluding hydrogens is 314 g/mol. The molecule has 0 spiro atoms. The van der Waals surface area contributed by atoms with Crippen LogP contribution < -0.4 is 29.3 Å². The lowest BCUT2D eigenvalue weighted by Gasteiger charge is -2.29. The Bertz CT molecular complexity index is 278. The average molecular weight is 334 g/mol. The molecule has 1 aromatic carbocycles. The van der Waals surface area contributed by atoms with Gasteiger partial charge in [-0.3, -0.25) is 0 Å². The second-order valence-electron chi connectivity index (χ2n) is 4.30. The molecule has 84 valence electrons. The molecule has 2 rings (SSSR count). The first kappa shape index (κ1) is 13.4. The minimum atomic E-state index is -0.724. The van der Waals surface area contributed by atoms with Crippen LogP contribution in [0.1, 0.15) is 26.2 Å². The van der Waals surface area contributed by atoms with Gasteiger partial charge >= 0.3 is 0 Å². The largest absolute Gasteiger partial charge is 1.00 e. The van der Waals surface area contributed by atoms with Gasteiger partial charge < -0.3 is 24.0 Å². The standard InChI is InChI=1S/C13H20P.HI/c1-2-14(11-7-4-8-12-14)13-9-5-3-6-10-13;/h3,5-6,9-10H,2,4,7-8,11-12H2,1H3;1H/q+1;/p-1. The van der Waals surface area contributed by atoms with Gasteiger partial charge in [0, 0.05) is 7.26 Å². The summed E-state index contributed by atoms with van der Waals surface area (Å²) in [5.41, 5.74) is 0. The zero-order valence-electron chi connectivity index (χ0n) is 9.45. The van der Waals surface area contributed by atoms with E-state index >= 15 is 0 Å². The molecule has 0 nitrogen and oxygen atoms in total. The van der Waals surface area contributed by atoms with Crippen LogP contribution in [-0.2, 0) is 0 Å². The lowest BCUT2D eigenvalue weighted by Crippen LogP contribution is -3.00. The van der Waals surface area contributed by atoms with Crippen molar-refractivity contribution in [2.45, 2.75) is 26.2 Å². The third-order valence-corrected chi connectivity index (χ3v) is 8.53. The molecule has 2 heteroatoms. The summed E-state index contributed by atoms with van der Waals surface area (Å²) in [4.78, 5) is 0. The number of hydrogen-bond acceptors (Lipinski definition) is 0. The van der Waals surface area contributed by atoms with Gasteiger partial charge in [0.1, 0.15) is 0 Å². The van der Waals surface area contributed by atoms with E-state index in [-0.39, 0.29) is 24.0 Å². The lowest BCUT2D eigenvalue weighted by molar-refractivity contribution is -0.00000294. The zero-order chi connectivity index (χ0) is 9.86. The molecule has 1 heterocycles. The topological polar surface area (TPSA) is 0 Å². The van der Waals surface area contributed by atoms with Crippen LogP contribution in [0.5, 0.6) is 0 Å². The van der Waals surface area contributed by atoms with Gasteiger partial charge in [-0.1, -0.05) is 18.2 Å². The molecule has 0 aromatic heterocycles. The Labute approximate surface area is 111 Å². The van der Waals surface area contributed by atoms with Crippen molar-refractivity contribution in [3.63, 3.8) is 0 Å². The van der Waals surface area contributed by atoms with Crippen molar-refractivity contribution in [3.8, 4) is 0 Å². The Morgan fingerprint density at radius 2 is 1.60 bits per heavy atom.